The van der Waals surface area contributed by atoms with Gasteiger partial charge in [0.05, 0.1) is 14.7 Å². The van der Waals surface area contributed by atoms with E-state index in [2.05, 4.69) is 4.72 Å². The summed E-state index contributed by atoms with van der Waals surface area (Å²) in [6.07, 6.45) is 0.0926. The standard InChI is InChI=1S/C25H25FN2O6S2/c1-18-7-12-23(35(30,31)22-5-3-2-4-6-22)17-24(18)36(32,33)27-20-13-15-28(16-14-20)25(29)34-21-10-8-19(26)9-11-21/h2-12,17,20,27H,13-16H2,1H3. The van der Waals surface area contributed by atoms with Crippen LogP contribution in [0.15, 0.2) is 87.5 Å². The minimum absolute atomic E-state index is 0.0741. The highest BCUT2D eigenvalue weighted by molar-refractivity contribution is 7.91. The third-order valence-corrected chi connectivity index (χ3v) is 9.34. The number of hydrogen-bond acceptors (Lipinski definition) is 6. The van der Waals surface area contributed by atoms with Crippen LogP contribution in [0, 0.1) is 12.7 Å². The van der Waals surface area contributed by atoms with Gasteiger partial charge in [0.1, 0.15) is 11.6 Å². The van der Waals surface area contributed by atoms with E-state index < -0.39 is 37.8 Å². The molecular formula is C25H25FN2O6S2. The zero-order chi connectivity index (χ0) is 25.9. The summed E-state index contributed by atoms with van der Waals surface area (Å²) < 4.78 is 73.2. The highest BCUT2D eigenvalue weighted by Crippen LogP contribution is 2.26. The minimum Gasteiger partial charge on any atom is -0.410 e. The van der Waals surface area contributed by atoms with Gasteiger partial charge in [0.25, 0.3) is 0 Å². The van der Waals surface area contributed by atoms with Crippen LogP contribution < -0.4 is 9.46 Å². The summed E-state index contributed by atoms with van der Waals surface area (Å²) in [5, 5.41) is 0. The van der Waals surface area contributed by atoms with Crippen molar-refractivity contribution in [3.05, 3.63) is 84.2 Å². The predicted molar refractivity (Wildman–Crippen MR) is 130 cm³/mol. The molecule has 1 N–H and O–H groups in total. The number of piperidine rings is 1. The Labute approximate surface area is 209 Å². The second-order valence-corrected chi connectivity index (χ2v) is 12.1. The van der Waals surface area contributed by atoms with E-state index in [-0.39, 0.29) is 33.5 Å². The molecule has 0 spiro atoms. The van der Waals surface area contributed by atoms with E-state index in [1.807, 2.05) is 0 Å². The van der Waals surface area contributed by atoms with Crippen LogP contribution in [0.5, 0.6) is 5.75 Å². The monoisotopic (exact) mass is 532 g/mol. The van der Waals surface area contributed by atoms with Gasteiger partial charge in [0, 0.05) is 19.1 Å². The van der Waals surface area contributed by atoms with Crippen LogP contribution in [-0.4, -0.2) is 47.0 Å². The Morgan fingerprint density at radius 2 is 1.56 bits per heavy atom. The van der Waals surface area contributed by atoms with Crippen LogP contribution in [0.4, 0.5) is 9.18 Å². The molecule has 3 aromatic carbocycles. The molecule has 0 radical (unpaired) electrons. The molecule has 1 fully saturated rings. The van der Waals surface area contributed by atoms with Crippen LogP contribution in [0.1, 0.15) is 18.4 Å². The molecule has 1 saturated heterocycles. The molecule has 0 saturated carbocycles. The van der Waals surface area contributed by atoms with Crippen LogP contribution in [-0.2, 0) is 19.9 Å². The number of carbonyl (C=O) groups excluding carboxylic acids is 1. The first-order chi connectivity index (χ1) is 17.1. The minimum atomic E-state index is -4.03. The van der Waals surface area contributed by atoms with Gasteiger partial charge >= 0.3 is 6.09 Å². The molecule has 1 amide bonds. The fourth-order valence-electron chi connectivity index (χ4n) is 3.90. The maximum Gasteiger partial charge on any atom is 0.415 e. The first-order valence-electron chi connectivity index (χ1n) is 11.2. The summed E-state index contributed by atoms with van der Waals surface area (Å²) in [6, 6.07) is 16.5. The van der Waals surface area contributed by atoms with Crippen molar-refractivity contribution in [2.24, 2.45) is 0 Å². The fraction of sp³-hybridized carbons (Fsp3) is 0.240. The number of carbonyl (C=O) groups is 1. The molecule has 11 heteroatoms. The van der Waals surface area contributed by atoms with E-state index in [1.54, 1.807) is 25.1 Å². The van der Waals surface area contributed by atoms with Gasteiger partial charge in [-0.25, -0.2) is 30.7 Å². The Hall–Kier alpha value is -3.28. The summed E-state index contributed by atoms with van der Waals surface area (Å²) >= 11 is 0. The SMILES string of the molecule is Cc1ccc(S(=O)(=O)c2ccccc2)cc1S(=O)(=O)NC1CCN(C(=O)Oc2ccc(F)cc2)CC1. The van der Waals surface area contributed by atoms with E-state index in [4.69, 9.17) is 4.74 Å². The molecule has 0 unspecified atom stereocenters. The van der Waals surface area contributed by atoms with Crippen LogP contribution >= 0.6 is 0 Å². The Morgan fingerprint density at radius 3 is 2.19 bits per heavy atom. The van der Waals surface area contributed by atoms with Gasteiger partial charge < -0.3 is 9.64 Å². The third-order valence-electron chi connectivity index (χ3n) is 5.91. The van der Waals surface area contributed by atoms with Crippen molar-refractivity contribution in [3.63, 3.8) is 0 Å². The van der Waals surface area contributed by atoms with Crippen molar-refractivity contribution in [3.8, 4) is 5.75 Å². The summed E-state index contributed by atoms with van der Waals surface area (Å²) in [5.41, 5.74) is 0.412. The number of aryl methyl sites for hydroxylation is 1. The smallest absolute Gasteiger partial charge is 0.410 e. The molecule has 8 nitrogen and oxygen atoms in total. The Bertz CT molecular complexity index is 1450. The molecule has 0 bridgehead atoms. The van der Waals surface area contributed by atoms with E-state index in [0.29, 0.717) is 18.4 Å². The average Bonchev–Trinajstić information content (AvgIpc) is 2.86. The number of sulfonamides is 1. The molecule has 0 aromatic heterocycles. The van der Waals surface area contributed by atoms with E-state index in [9.17, 15) is 26.0 Å². The maximum absolute atomic E-state index is 13.2. The number of benzene rings is 3. The quantitative estimate of drug-likeness (QED) is 0.516. The number of amides is 1. The number of nitrogens with zero attached hydrogens (tertiary/aromatic N) is 1. The van der Waals surface area contributed by atoms with E-state index in [1.165, 1.54) is 59.5 Å². The molecule has 3 aromatic rings. The molecule has 1 aliphatic heterocycles. The number of nitrogens with one attached hydrogen (secondary N) is 1. The lowest BCUT2D eigenvalue weighted by Crippen LogP contribution is -2.47. The molecule has 1 aliphatic rings. The Balaban J connectivity index is 1.43. The van der Waals surface area contributed by atoms with Crippen molar-refractivity contribution in [1.29, 1.82) is 0 Å². The Kier molecular flexibility index (Phi) is 7.43. The van der Waals surface area contributed by atoms with Gasteiger partial charge in [-0.2, -0.15) is 0 Å². The summed E-state index contributed by atoms with van der Waals surface area (Å²) in [4.78, 5) is 13.7. The van der Waals surface area contributed by atoms with E-state index in [0.717, 1.165) is 0 Å². The first-order valence-corrected chi connectivity index (χ1v) is 14.2. The van der Waals surface area contributed by atoms with E-state index >= 15 is 0 Å². The zero-order valence-electron chi connectivity index (χ0n) is 19.4. The molecule has 4 rings (SSSR count). The number of hydrogen-bond donors (Lipinski definition) is 1. The summed E-state index contributed by atoms with van der Waals surface area (Å²) in [5.74, 6) is -0.230. The molecule has 190 valence electrons. The first kappa shape index (κ1) is 25.8. The van der Waals surface area contributed by atoms with Gasteiger partial charge in [-0.05, 0) is 73.9 Å². The fourth-order valence-corrected chi connectivity index (χ4v) is 6.86. The average molecular weight is 533 g/mol. The predicted octanol–water partition coefficient (Wildman–Crippen LogP) is 3.91. The van der Waals surface area contributed by atoms with Crippen LogP contribution in [0.3, 0.4) is 0 Å². The highest BCUT2D eigenvalue weighted by Gasteiger charge is 2.29. The van der Waals surface area contributed by atoms with Gasteiger partial charge in [-0.1, -0.05) is 24.3 Å². The van der Waals surface area contributed by atoms with Crippen molar-refractivity contribution in [2.45, 2.75) is 40.5 Å². The number of halogens is 1. The van der Waals surface area contributed by atoms with Crippen LogP contribution in [0.25, 0.3) is 0 Å². The molecule has 1 heterocycles. The van der Waals surface area contributed by atoms with Crippen molar-refractivity contribution < 1.29 is 30.8 Å². The normalized spacial score (nSPS) is 15.0. The number of sulfone groups is 1. The van der Waals surface area contributed by atoms with Gasteiger partial charge in [0.15, 0.2) is 0 Å². The van der Waals surface area contributed by atoms with Crippen molar-refractivity contribution in [2.75, 3.05) is 13.1 Å². The zero-order valence-corrected chi connectivity index (χ0v) is 21.1. The van der Waals surface area contributed by atoms with Gasteiger partial charge in [0.2, 0.25) is 19.9 Å². The van der Waals surface area contributed by atoms with Crippen molar-refractivity contribution >= 4 is 26.0 Å². The van der Waals surface area contributed by atoms with Crippen molar-refractivity contribution in [1.82, 2.24) is 9.62 Å². The lowest BCUT2D eigenvalue weighted by Gasteiger charge is -2.31. The highest BCUT2D eigenvalue weighted by atomic mass is 32.2. The Morgan fingerprint density at radius 1 is 0.917 bits per heavy atom. The summed E-state index contributed by atoms with van der Waals surface area (Å²) in [6.45, 7) is 2.12. The second kappa shape index (κ2) is 10.4. The van der Waals surface area contributed by atoms with Gasteiger partial charge in [-0.3, -0.25) is 0 Å². The molecule has 0 aliphatic carbocycles. The van der Waals surface area contributed by atoms with Crippen LogP contribution in [0.2, 0.25) is 0 Å². The number of rotatable bonds is 6. The maximum atomic E-state index is 13.2. The third kappa shape index (κ3) is 5.75. The topological polar surface area (TPSA) is 110 Å². The molecular weight excluding hydrogens is 507 g/mol. The largest absolute Gasteiger partial charge is 0.415 e. The second-order valence-electron chi connectivity index (χ2n) is 8.45. The molecule has 36 heavy (non-hydrogen) atoms. The van der Waals surface area contributed by atoms with Gasteiger partial charge in [-0.15, -0.1) is 0 Å². The lowest BCUT2D eigenvalue weighted by atomic mass is 10.1. The lowest BCUT2D eigenvalue weighted by molar-refractivity contribution is 0.138. The summed E-state index contributed by atoms with van der Waals surface area (Å²) in [7, 11) is -7.92. The number of likely N-dealkylation sites (tertiary alicyclic amines) is 1. The number of ether oxygens (including phenoxy) is 1. The molecule has 0 atom stereocenters.